The van der Waals surface area contributed by atoms with E-state index in [0.717, 1.165) is 24.8 Å². The topological polar surface area (TPSA) is 17.1 Å². The van der Waals surface area contributed by atoms with Crippen LogP contribution in [0.3, 0.4) is 0 Å². The highest BCUT2D eigenvalue weighted by Gasteiger charge is 2.04. The number of carbonyl (C=O) groups excluding carboxylic acids is 1. The molecule has 0 fully saturated rings. The molecule has 0 aliphatic rings. The largest absolute Gasteiger partial charge is 0.294 e. The van der Waals surface area contributed by atoms with Gasteiger partial charge in [-0.15, -0.1) is 0 Å². The SMILES string of the molecule is CCCCCCCc1ccc(C(=O)CCCC)cc1. The van der Waals surface area contributed by atoms with Crippen LogP contribution in [0.5, 0.6) is 0 Å². The highest BCUT2D eigenvalue weighted by Crippen LogP contribution is 2.12. The molecule has 0 saturated heterocycles. The van der Waals surface area contributed by atoms with Gasteiger partial charge in [0.2, 0.25) is 0 Å². The van der Waals surface area contributed by atoms with E-state index in [0.29, 0.717) is 6.42 Å². The van der Waals surface area contributed by atoms with Crippen LogP contribution in [0.25, 0.3) is 0 Å². The average molecular weight is 260 g/mol. The van der Waals surface area contributed by atoms with Crippen LogP contribution in [0.15, 0.2) is 24.3 Å². The van der Waals surface area contributed by atoms with Crippen LogP contribution in [-0.2, 0) is 6.42 Å². The molecule has 1 rings (SSSR count). The summed E-state index contributed by atoms with van der Waals surface area (Å²) in [6.07, 6.45) is 10.5. The van der Waals surface area contributed by atoms with E-state index in [-0.39, 0.29) is 5.78 Å². The molecule has 106 valence electrons. The van der Waals surface area contributed by atoms with Crippen molar-refractivity contribution in [3.63, 3.8) is 0 Å². The summed E-state index contributed by atoms with van der Waals surface area (Å²) >= 11 is 0. The normalized spacial score (nSPS) is 10.6. The minimum atomic E-state index is 0.288. The Labute approximate surface area is 118 Å². The molecule has 0 N–H and O–H groups in total. The number of Topliss-reactive ketones (excluding diaryl/α,β-unsaturated/α-hetero) is 1. The van der Waals surface area contributed by atoms with Gasteiger partial charge in [0.1, 0.15) is 0 Å². The molecule has 0 atom stereocenters. The van der Waals surface area contributed by atoms with Gasteiger partial charge in [-0.25, -0.2) is 0 Å². The predicted octanol–water partition coefficient (Wildman–Crippen LogP) is 5.57. The van der Waals surface area contributed by atoms with Crippen molar-refractivity contribution >= 4 is 5.78 Å². The number of unbranched alkanes of at least 4 members (excludes halogenated alkanes) is 5. The molecule has 0 aliphatic heterocycles. The molecule has 0 aromatic heterocycles. The first-order valence-corrected chi connectivity index (χ1v) is 7.90. The lowest BCUT2D eigenvalue weighted by Crippen LogP contribution is -1.98. The highest BCUT2D eigenvalue weighted by atomic mass is 16.1. The Hall–Kier alpha value is -1.11. The number of carbonyl (C=O) groups is 1. The van der Waals surface area contributed by atoms with Gasteiger partial charge in [-0.2, -0.15) is 0 Å². The van der Waals surface area contributed by atoms with Gasteiger partial charge in [0.25, 0.3) is 0 Å². The minimum Gasteiger partial charge on any atom is -0.294 e. The van der Waals surface area contributed by atoms with Crippen molar-refractivity contribution in [2.45, 2.75) is 71.6 Å². The molecule has 0 heterocycles. The standard InChI is InChI=1S/C18H28O/c1-3-5-7-8-9-10-16-12-14-17(15-13-16)18(19)11-6-4-2/h12-15H,3-11H2,1-2H3. The van der Waals surface area contributed by atoms with Gasteiger partial charge in [0.05, 0.1) is 0 Å². The Bertz CT molecular complexity index is 350. The average Bonchev–Trinajstić information content (AvgIpc) is 2.45. The van der Waals surface area contributed by atoms with Crippen LogP contribution in [0, 0.1) is 0 Å². The molecular weight excluding hydrogens is 232 g/mol. The molecule has 1 heteroatoms. The number of hydrogen-bond acceptors (Lipinski definition) is 1. The van der Waals surface area contributed by atoms with Crippen LogP contribution in [0.2, 0.25) is 0 Å². The summed E-state index contributed by atoms with van der Waals surface area (Å²) in [5.41, 5.74) is 2.24. The third-order valence-electron chi connectivity index (χ3n) is 3.60. The first kappa shape index (κ1) is 15.9. The zero-order valence-corrected chi connectivity index (χ0v) is 12.6. The second kappa shape index (κ2) is 9.77. The van der Waals surface area contributed by atoms with Gasteiger partial charge in [0, 0.05) is 12.0 Å². The third kappa shape index (κ3) is 6.56. The summed E-state index contributed by atoms with van der Waals surface area (Å²) in [5.74, 6) is 0.288. The molecule has 0 radical (unpaired) electrons. The fraction of sp³-hybridized carbons (Fsp3) is 0.611. The van der Waals surface area contributed by atoms with E-state index in [1.165, 1.54) is 37.7 Å². The highest BCUT2D eigenvalue weighted by molar-refractivity contribution is 5.96. The van der Waals surface area contributed by atoms with Gasteiger partial charge >= 0.3 is 0 Å². The van der Waals surface area contributed by atoms with Crippen molar-refractivity contribution in [2.75, 3.05) is 0 Å². The third-order valence-corrected chi connectivity index (χ3v) is 3.60. The number of aryl methyl sites for hydroxylation is 1. The maximum absolute atomic E-state index is 11.8. The summed E-state index contributed by atoms with van der Waals surface area (Å²) in [6.45, 7) is 4.36. The zero-order chi connectivity index (χ0) is 13.9. The van der Waals surface area contributed by atoms with Crippen molar-refractivity contribution in [2.24, 2.45) is 0 Å². The van der Waals surface area contributed by atoms with Gasteiger partial charge < -0.3 is 0 Å². The molecule has 19 heavy (non-hydrogen) atoms. The lowest BCUT2D eigenvalue weighted by molar-refractivity contribution is 0.0980. The molecule has 0 unspecified atom stereocenters. The Morgan fingerprint density at radius 1 is 0.842 bits per heavy atom. The van der Waals surface area contributed by atoms with Crippen LogP contribution in [-0.4, -0.2) is 5.78 Å². The quantitative estimate of drug-likeness (QED) is 0.397. The van der Waals surface area contributed by atoms with E-state index in [4.69, 9.17) is 0 Å². The van der Waals surface area contributed by atoms with Crippen LogP contribution in [0.4, 0.5) is 0 Å². The molecule has 0 amide bonds. The molecule has 1 aromatic carbocycles. The van der Waals surface area contributed by atoms with E-state index < -0.39 is 0 Å². The van der Waals surface area contributed by atoms with Crippen molar-refractivity contribution in [3.05, 3.63) is 35.4 Å². The summed E-state index contributed by atoms with van der Waals surface area (Å²) in [5, 5.41) is 0. The van der Waals surface area contributed by atoms with E-state index in [9.17, 15) is 4.79 Å². The molecule has 1 aromatic rings. The van der Waals surface area contributed by atoms with E-state index >= 15 is 0 Å². The van der Waals surface area contributed by atoms with E-state index in [1.807, 2.05) is 12.1 Å². The van der Waals surface area contributed by atoms with Crippen molar-refractivity contribution in [3.8, 4) is 0 Å². The maximum atomic E-state index is 11.8. The fourth-order valence-corrected chi connectivity index (χ4v) is 2.27. The van der Waals surface area contributed by atoms with Crippen molar-refractivity contribution in [1.82, 2.24) is 0 Å². The smallest absolute Gasteiger partial charge is 0.162 e. The molecule has 0 spiro atoms. The van der Waals surface area contributed by atoms with Crippen LogP contribution in [0.1, 0.15) is 81.1 Å². The molecule has 0 aliphatic carbocycles. The Kier molecular flexibility index (Phi) is 8.20. The zero-order valence-electron chi connectivity index (χ0n) is 12.6. The second-order valence-corrected chi connectivity index (χ2v) is 5.39. The van der Waals surface area contributed by atoms with Crippen molar-refractivity contribution in [1.29, 1.82) is 0 Å². The minimum absolute atomic E-state index is 0.288. The summed E-state index contributed by atoms with van der Waals surface area (Å²) in [6, 6.07) is 8.25. The van der Waals surface area contributed by atoms with Crippen LogP contribution >= 0.6 is 0 Å². The first-order valence-electron chi connectivity index (χ1n) is 7.90. The number of rotatable bonds is 10. The van der Waals surface area contributed by atoms with Gasteiger partial charge in [-0.1, -0.05) is 70.2 Å². The van der Waals surface area contributed by atoms with Gasteiger partial charge in [-0.05, 0) is 24.8 Å². The predicted molar refractivity (Wildman–Crippen MR) is 82.8 cm³/mol. The summed E-state index contributed by atoms with van der Waals surface area (Å²) in [7, 11) is 0. The lowest BCUT2D eigenvalue weighted by atomic mass is 10.0. The second-order valence-electron chi connectivity index (χ2n) is 5.39. The molecule has 1 nitrogen and oxygen atoms in total. The van der Waals surface area contributed by atoms with E-state index in [1.54, 1.807) is 0 Å². The Morgan fingerprint density at radius 3 is 2.11 bits per heavy atom. The summed E-state index contributed by atoms with van der Waals surface area (Å²) < 4.78 is 0. The number of ketones is 1. The van der Waals surface area contributed by atoms with Crippen LogP contribution < -0.4 is 0 Å². The maximum Gasteiger partial charge on any atom is 0.162 e. The first-order chi connectivity index (χ1) is 9.27. The number of hydrogen-bond donors (Lipinski definition) is 0. The Morgan fingerprint density at radius 2 is 1.47 bits per heavy atom. The number of benzene rings is 1. The fourth-order valence-electron chi connectivity index (χ4n) is 2.27. The molecular formula is C18H28O. The monoisotopic (exact) mass is 260 g/mol. The summed E-state index contributed by atoms with van der Waals surface area (Å²) in [4.78, 5) is 11.8. The van der Waals surface area contributed by atoms with Crippen molar-refractivity contribution < 1.29 is 4.79 Å². The Balaban J connectivity index is 2.32. The van der Waals surface area contributed by atoms with Gasteiger partial charge in [0.15, 0.2) is 5.78 Å². The van der Waals surface area contributed by atoms with E-state index in [2.05, 4.69) is 26.0 Å². The lowest BCUT2D eigenvalue weighted by Gasteiger charge is -2.04. The van der Waals surface area contributed by atoms with Gasteiger partial charge in [-0.3, -0.25) is 4.79 Å². The molecule has 0 saturated carbocycles. The molecule has 0 bridgehead atoms.